The number of carbonyl (C=O) groups is 1. The number of anilines is 2. The summed E-state index contributed by atoms with van der Waals surface area (Å²) in [5, 5.41) is 6.65. The fourth-order valence-corrected chi connectivity index (χ4v) is 2.05. The highest BCUT2D eigenvalue weighted by Gasteiger charge is 2.10. The third kappa shape index (κ3) is 5.35. The molecule has 0 radical (unpaired) electrons. The Kier molecular flexibility index (Phi) is 6.15. The average Bonchev–Trinajstić information content (AvgIpc) is 2.51. The van der Waals surface area contributed by atoms with E-state index >= 15 is 0 Å². The van der Waals surface area contributed by atoms with Gasteiger partial charge in [-0.25, -0.2) is 9.97 Å². The minimum Gasteiger partial charge on any atom is -0.353 e. The number of nitrogens with zero attached hydrogens (tertiary/aromatic N) is 3. The van der Waals surface area contributed by atoms with Gasteiger partial charge in [-0.3, -0.25) is 4.79 Å². The Morgan fingerprint density at radius 1 is 1.22 bits per heavy atom. The number of halogens is 2. The number of nitrogens with one attached hydrogen (secondary N) is 2. The van der Waals surface area contributed by atoms with E-state index in [2.05, 4.69) is 20.6 Å². The first kappa shape index (κ1) is 17.5. The van der Waals surface area contributed by atoms with Crippen LogP contribution in [0, 0.1) is 0 Å². The van der Waals surface area contributed by atoms with Crippen LogP contribution in [0.5, 0.6) is 0 Å². The maximum absolute atomic E-state index is 12.2. The van der Waals surface area contributed by atoms with Crippen molar-refractivity contribution in [3.8, 4) is 0 Å². The summed E-state index contributed by atoms with van der Waals surface area (Å²) in [7, 11) is 3.97. The van der Waals surface area contributed by atoms with Crippen LogP contribution in [-0.2, 0) is 0 Å². The van der Waals surface area contributed by atoms with E-state index in [1.165, 1.54) is 12.4 Å². The molecule has 6 nitrogen and oxygen atoms in total. The average molecular weight is 354 g/mol. The van der Waals surface area contributed by atoms with Gasteiger partial charge in [-0.15, -0.1) is 0 Å². The Hall–Kier alpha value is -1.89. The van der Waals surface area contributed by atoms with Crippen LogP contribution in [0.4, 0.5) is 11.6 Å². The van der Waals surface area contributed by atoms with E-state index in [-0.39, 0.29) is 5.91 Å². The minimum absolute atomic E-state index is 0.333. The standard InChI is InChI=1S/C15H17Cl2N5O/c1-22(2)6-5-18-15-19-8-10(9-20-15)14(23)21-13-7-11(16)3-4-12(13)17/h3-4,7-9H,5-6H2,1-2H3,(H,21,23)(H,18,19,20). The molecule has 0 aliphatic heterocycles. The summed E-state index contributed by atoms with van der Waals surface area (Å²) in [6, 6.07) is 4.85. The third-order valence-electron chi connectivity index (χ3n) is 2.93. The molecule has 1 aromatic carbocycles. The molecule has 0 saturated carbocycles. The van der Waals surface area contributed by atoms with Crippen molar-refractivity contribution >= 4 is 40.7 Å². The number of rotatable bonds is 6. The fourth-order valence-electron chi connectivity index (χ4n) is 1.72. The van der Waals surface area contributed by atoms with Gasteiger partial charge in [0.05, 0.1) is 16.3 Å². The van der Waals surface area contributed by atoms with Crippen molar-refractivity contribution in [3.63, 3.8) is 0 Å². The van der Waals surface area contributed by atoms with Gasteiger partial charge in [0, 0.05) is 30.5 Å². The minimum atomic E-state index is -0.353. The second-order valence-corrected chi connectivity index (χ2v) is 5.95. The molecular weight excluding hydrogens is 337 g/mol. The summed E-state index contributed by atoms with van der Waals surface area (Å²) in [5.41, 5.74) is 0.775. The Labute approximate surface area is 144 Å². The van der Waals surface area contributed by atoms with E-state index in [1.54, 1.807) is 18.2 Å². The van der Waals surface area contributed by atoms with E-state index < -0.39 is 0 Å². The third-order valence-corrected chi connectivity index (χ3v) is 3.50. The first-order chi connectivity index (χ1) is 11.0. The normalized spacial score (nSPS) is 10.7. The van der Waals surface area contributed by atoms with Gasteiger partial charge in [0.2, 0.25) is 5.95 Å². The molecular formula is C15H17Cl2N5O. The summed E-state index contributed by atoms with van der Waals surface area (Å²) >= 11 is 11.9. The SMILES string of the molecule is CN(C)CCNc1ncc(C(=O)Nc2cc(Cl)ccc2Cl)cn1. The smallest absolute Gasteiger partial charge is 0.258 e. The van der Waals surface area contributed by atoms with Crippen molar-refractivity contribution in [2.75, 3.05) is 37.8 Å². The molecule has 0 fully saturated rings. The number of amides is 1. The van der Waals surface area contributed by atoms with Crippen molar-refractivity contribution in [2.45, 2.75) is 0 Å². The number of hydrogen-bond acceptors (Lipinski definition) is 5. The zero-order chi connectivity index (χ0) is 16.8. The van der Waals surface area contributed by atoms with Crippen LogP contribution in [0.1, 0.15) is 10.4 Å². The monoisotopic (exact) mass is 353 g/mol. The lowest BCUT2D eigenvalue weighted by Gasteiger charge is -2.10. The molecule has 0 spiro atoms. The maximum Gasteiger partial charge on any atom is 0.258 e. The van der Waals surface area contributed by atoms with Crippen molar-refractivity contribution in [1.29, 1.82) is 0 Å². The molecule has 23 heavy (non-hydrogen) atoms. The Balaban J connectivity index is 1.98. The van der Waals surface area contributed by atoms with Crippen molar-refractivity contribution in [2.24, 2.45) is 0 Å². The molecule has 1 aromatic heterocycles. The second kappa shape index (κ2) is 8.10. The van der Waals surface area contributed by atoms with Crippen LogP contribution in [0.3, 0.4) is 0 Å². The zero-order valence-electron chi connectivity index (χ0n) is 12.8. The molecule has 0 aliphatic carbocycles. The Morgan fingerprint density at radius 3 is 2.57 bits per heavy atom. The number of likely N-dealkylation sites (N-methyl/N-ethyl adjacent to an activating group) is 1. The van der Waals surface area contributed by atoms with E-state index in [0.29, 0.717) is 27.2 Å². The van der Waals surface area contributed by atoms with E-state index in [9.17, 15) is 4.79 Å². The summed E-state index contributed by atoms with van der Waals surface area (Å²) in [6.45, 7) is 1.58. The molecule has 2 N–H and O–H groups in total. The molecule has 0 atom stereocenters. The molecule has 8 heteroatoms. The van der Waals surface area contributed by atoms with Crippen molar-refractivity contribution in [1.82, 2.24) is 14.9 Å². The predicted molar refractivity (Wildman–Crippen MR) is 93.5 cm³/mol. The van der Waals surface area contributed by atoms with E-state index in [1.807, 2.05) is 19.0 Å². The molecule has 0 unspecified atom stereocenters. The first-order valence-electron chi connectivity index (χ1n) is 6.93. The maximum atomic E-state index is 12.2. The highest BCUT2D eigenvalue weighted by Crippen LogP contribution is 2.25. The molecule has 0 aliphatic rings. The van der Waals surface area contributed by atoms with Crippen LogP contribution < -0.4 is 10.6 Å². The zero-order valence-corrected chi connectivity index (χ0v) is 14.3. The number of aromatic nitrogens is 2. The number of benzene rings is 1. The lowest BCUT2D eigenvalue weighted by Crippen LogP contribution is -2.21. The highest BCUT2D eigenvalue weighted by atomic mass is 35.5. The van der Waals surface area contributed by atoms with Gasteiger partial charge in [-0.2, -0.15) is 0 Å². The predicted octanol–water partition coefficient (Wildman–Crippen LogP) is 3.01. The van der Waals surface area contributed by atoms with Crippen LogP contribution in [-0.4, -0.2) is 48.0 Å². The quantitative estimate of drug-likeness (QED) is 0.835. The van der Waals surface area contributed by atoms with Gasteiger partial charge in [0.1, 0.15) is 0 Å². The van der Waals surface area contributed by atoms with Crippen LogP contribution in [0.2, 0.25) is 10.0 Å². The molecule has 1 amide bonds. The summed E-state index contributed by atoms with van der Waals surface area (Å²) in [5.74, 6) is 0.123. The lowest BCUT2D eigenvalue weighted by atomic mass is 10.2. The number of hydrogen-bond donors (Lipinski definition) is 2. The van der Waals surface area contributed by atoms with E-state index in [4.69, 9.17) is 23.2 Å². The topological polar surface area (TPSA) is 70.2 Å². The lowest BCUT2D eigenvalue weighted by molar-refractivity contribution is 0.102. The van der Waals surface area contributed by atoms with E-state index in [0.717, 1.165) is 13.1 Å². The van der Waals surface area contributed by atoms with Crippen molar-refractivity contribution in [3.05, 3.63) is 46.2 Å². The fraction of sp³-hybridized carbons (Fsp3) is 0.267. The second-order valence-electron chi connectivity index (χ2n) is 5.10. The molecule has 2 aromatic rings. The van der Waals surface area contributed by atoms with Crippen LogP contribution >= 0.6 is 23.2 Å². The summed E-state index contributed by atoms with van der Waals surface area (Å²) < 4.78 is 0. The Morgan fingerprint density at radius 2 is 1.91 bits per heavy atom. The molecule has 0 saturated heterocycles. The van der Waals surface area contributed by atoms with Crippen LogP contribution in [0.25, 0.3) is 0 Å². The van der Waals surface area contributed by atoms with Gasteiger partial charge in [-0.1, -0.05) is 23.2 Å². The molecule has 122 valence electrons. The molecule has 2 rings (SSSR count). The molecule has 0 bridgehead atoms. The van der Waals surface area contributed by atoms with Gasteiger partial charge in [0.15, 0.2) is 0 Å². The van der Waals surface area contributed by atoms with Crippen molar-refractivity contribution < 1.29 is 4.79 Å². The van der Waals surface area contributed by atoms with Gasteiger partial charge in [-0.05, 0) is 32.3 Å². The first-order valence-corrected chi connectivity index (χ1v) is 7.68. The van der Waals surface area contributed by atoms with Gasteiger partial charge >= 0.3 is 0 Å². The molecule has 1 heterocycles. The van der Waals surface area contributed by atoms with Gasteiger partial charge in [0.25, 0.3) is 5.91 Å². The Bertz CT molecular complexity index is 676. The van der Waals surface area contributed by atoms with Crippen LogP contribution in [0.15, 0.2) is 30.6 Å². The van der Waals surface area contributed by atoms with Gasteiger partial charge < -0.3 is 15.5 Å². The number of carbonyl (C=O) groups excluding carboxylic acids is 1. The highest BCUT2D eigenvalue weighted by molar-refractivity contribution is 6.35. The summed E-state index contributed by atoms with van der Waals surface area (Å²) in [4.78, 5) is 22.5. The summed E-state index contributed by atoms with van der Waals surface area (Å²) in [6.07, 6.45) is 2.91. The largest absolute Gasteiger partial charge is 0.353 e.